The Morgan fingerprint density at radius 1 is 1.24 bits per heavy atom. The fourth-order valence-corrected chi connectivity index (χ4v) is 3.19. The standard InChI is InChI=1S/C18H30N2O/c1-4-16-9-7-8-12-20(16)17-11-10-15(14-19-5-2)13-18(17)21-6-3/h10-11,13,16,19H,4-9,12,14H2,1-3H3. The molecule has 1 aliphatic heterocycles. The molecule has 21 heavy (non-hydrogen) atoms. The van der Waals surface area contributed by atoms with Crippen molar-refractivity contribution in [2.45, 2.75) is 59.0 Å². The summed E-state index contributed by atoms with van der Waals surface area (Å²) in [7, 11) is 0. The molecular weight excluding hydrogens is 260 g/mol. The van der Waals surface area contributed by atoms with Crippen LogP contribution in [0.4, 0.5) is 5.69 Å². The SMILES string of the molecule is CCNCc1ccc(N2CCCCC2CC)c(OCC)c1. The Morgan fingerprint density at radius 3 is 2.81 bits per heavy atom. The zero-order chi connectivity index (χ0) is 15.1. The molecule has 1 unspecified atom stereocenters. The molecule has 1 aromatic rings. The Bertz CT molecular complexity index is 433. The molecule has 2 rings (SSSR count). The average molecular weight is 290 g/mol. The van der Waals surface area contributed by atoms with Crippen molar-refractivity contribution in [2.24, 2.45) is 0 Å². The summed E-state index contributed by atoms with van der Waals surface area (Å²) in [5, 5.41) is 3.38. The number of rotatable bonds is 7. The zero-order valence-corrected chi connectivity index (χ0v) is 13.8. The van der Waals surface area contributed by atoms with Gasteiger partial charge in [0.15, 0.2) is 0 Å². The molecule has 0 saturated carbocycles. The van der Waals surface area contributed by atoms with Crippen LogP contribution in [0.1, 0.15) is 52.0 Å². The Hall–Kier alpha value is -1.22. The number of benzene rings is 1. The predicted octanol–water partition coefficient (Wildman–Crippen LogP) is 3.96. The van der Waals surface area contributed by atoms with Gasteiger partial charge in [0.05, 0.1) is 12.3 Å². The highest BCUT2D eigenvalue weighted by Gasteiger charge is 2.23. The highest BCUT2D eigenvalue weighted by Crippen LogP contribution is 2.35. The Morgan fingerprint density at radius 2 is 2.10 bits per heavy atom. The largest absolute Gasteiger partial charge is 0.492 e. The third kappa shape index (κ3) is 4.13. The number of hydrogen-bond donors (Lipinski definition) is 1. The van der Waals surface area contributed by atoms with E-state index < -0.39 is 0 Å². The quantitative estimate of drug-likeness (QED) is 0.822. The zero-order valence-electron chi connectivity index (χ0n) is 13.8. The second kappa shape index (κ2) is 8.28. The summed E-state index contributed by atoms with van der Waals surface area (Å²) >= 11 is 0. The average Bonchev–Trinajstić information content (AvgIpc) is 2.53. The van der Waals surface area contributed by atoms with Gasteiger partial charge < -0.3 is 15.0 Å². The maximum absolute atomic E-state index is 5.93. The lowest BCUT2D eigenvalue weighted by Gasteiger charge is -2.38. The van der Waals surface area contributed by atoms with Crippen molar-refractivity contribution in [1.82, 2.24) is 5.32 Å². The Labute approximate surface area is 129 Å². The van der Waals surface area contributed by atoms with Gasteiger partial charge in [0.25, 0.3) is 0 Å². The minimum absolute atomic E-state index is 0.664. The van der Waals surface area contributed by atoms with Crippen molar-refractivity contribution in [1.29, 1.82) is 0 Å². The summed E-state index contributed by atoms with van der Waals surface area (Å²) in [6, 6.07) is 7.37. The van der Waals surface area contributed by atoms with Crippen LogP contribution in [-0.2, 0) is 6.54 Å². The van der Waals surface area contributed by atoms with E-state index in [0.717, 1.165) is 32.0 Å². The molecule has 3 nitrogen and oxygen atoms in total. The number of nitrogens with zero attached hydrogens (tertiary/aromatic N) is 1. The molecule has 0 aromatic heterocycles. The molecule has 0 spiro atoms. The van der Waals surface area contributed by atoms with Crippen molar-refractivity contribution >= 4 is 5.69 Å². The highest BCUT2D eigenvalue weighted by atomic mass is 16.5. The first-order chi connectivity index (χ1) is 10.3. The summed E-state index contributed by atoms with van der Waals surface area (Å²) < 4.78 is 5.93. The van der Waals surface area contributed by atoms with Gasteiger partial charge in [-0.25, -0.2) is 0 Å². The van der Waals surface area contributed by atoms with Gasteiger partial charge in [0.2, 0.25) is 0 Å². The van der Waals surface area contributed by atoms with E-state index in [1.54, 1.807) is 0 Å². The molecular formula is C18H30N2O. The monoisotopic (exact) mass is 290 g/mol. The van der Waals surface area contributed by atoms with E-state index in [1.807, 2.05) is 0 Å². The predicted molar refractivity (Wildman–Crippen MR) is 90.3 cm³/mol. The van der Waals surface area contributed by atoms with Crippen molar-refractivity contribution in [2.75, 3.05) is 24.6 Å². The molecule has 0 radical (unpaired) electrons. The lowest BCUT2D eigenvalue weighted by atomic mass is 9.98. The van der Waals surface area contributed by atoms with E-state index in [9.17, 15) is 0 Å². The van der Waals surface area contributed by atoms with Gasteiger partial charge in [-0.05, 0) is 56.8 Å². The first kappa shape index (κ1) is 16.2. The number of ether oxygens (including phenoxy) is 1. The highest BCUT2D eigenvalue weighted by molar-refractivity contribution is 5.60. The van der Waals surface area contributed by atoms with E-state index in [2.05, 4.69) is 49.2 Å². The Balaban J connectivity index is 2.23. The minimum Gasteiger partial charge on any atom is -0.492 e. The lowest BCUT2D eigenvalue weighted by Crippen LogP contribution is -2.39. The molecule has 1 aromatic carbocycles. The van der Waals surface area contributed by atoms with Crippen LogP contribution in [-0.4, -0.2) is 25.7 Å². The Kier molecular flexibility index (Phi) is 6.37. The number of piperidine rings is 1. The molecule has 1 heterocycles. The van der Waals surface area contributed by atoms with Crippen LogP contribution in [0.2, 0.25) is 0 Å². The van der Waals surface area contributed by atoms with Crippen molar-refractivity contribution in [3.8, 4) is 5.75 Å². The third-order valence-electron chi connectivity index (χ3n) is 4.31. The van der Waals surface area contributed by atoms with Gasteiger partial charge in [-0.1, -0.05) is 19.9 Å². The molecule has 0 amide bonds. The van der Waals surface area contributed by atoms with Crippen molar-refractivity contribution in [3.63, 3.8) is 0 Å². The molecule has 1 aliphatic rings. The molecule has 1 atom stereocenters. The van der Waals surface area contributed by atoms with Crippen LogP contribution in [0.15, 0.2) is 18.2 Å². The van der Waals surface area contributed by atoms with Gasteiger partial charge in [-0.2, -0.15) is 0 Å². The summed E-state index contributed by atoms with van der Waals surface area (Å²) in [5.74, 6) is 1.05. The van der Waals surface area contributed by atoms with Crippen LogP contribution in [0.5, 0.6) is 5.75 Å². The van der Waals surface area contributed by atoms with Crippen LogP contribution in [0.25, 0.3) is 0 Å². The summed E-state index contributed by atoms with van der Waals surface area (Å²) in [4.78, 5) is 2.56. The molecule has 118 valence electrons. The topological polar surface area (TPSA) is 24.5 Å². The van der Waals surface area contributed by atoms with Crippen LogP contribution in [0, 0.1) is 0 Å². The maximum Gasteiger partial charge on any atom is 0.142 e. The van der Waals surface area contributed by atoms with Crippen molar-refractivity contribution < 1.29 is 4.74 Å². The van der Waals surface area contributed by atoms with Crippen LogP contribution < -0.4 is 15.0 Å². The lowest BCUT2D eigenvalue weighted by molar-refractivity contribution is 0.336. The molecule has 0 aliphatic carbocycles. The molecule has 3 heteroatoms. The second-order valence-electron chi connectivity index (χ2n) is 5.77. The van der Waals surface area contributed by atoms with Crippen LogP contribution >= 0.6 is 0 Å². The molecule has 1 saturated heterocycles. The van der Waals surface area contributed by atoms with E-state index in [1.165, 1.54) is 36.9 Å². The first-order valence-corrected chi connectivity index (χ1v) is 8.53. The maximum atomic E-state index is 5.93. The van der Waals surface area contributed by atoms with Gasteiger partial charge in [0, 0.05) is 19.1 Å². The van der Waals surface area contributed by atoms with E-state index in [0.29, 0.717) is 6.04 Å². The molecule has 1 N–H and O–H groups in total. The van der Waals surface area contributed by atoms with Gasteiger partial charge >= 0.3 is 0 Å². The minimum atomic E-state index is 0.664. The van der Waals surface area contributed by atoms with Gasteiger partial charge in [-0.3, -0.25) is 0 Å². The summed E-state index contributed by atoms with van der Waals surface area (Å²) in [5.41, 5.74) is 2.58. The summed E-state index contributed by atoms with van der Waals surface area (Å²) in [6.07, 6.45) is 5.17. The van der Waals surface area contributed by atoms with E-state index in [-0.39, 0.29) is 0 Å². The number of anilines is 1. The second-order valence-corrected chi connectivity index (χ2v) is 5.77. The normalized spacial score (nSPS) is 18.8. The number of hydrogen-bond acceptors (Lipinski definition) is 3. The molecule has 1 fully saturated rings. The van der Waals surface area contributed by atoms with Crippen molar-refractivity contribution in [3.05, 3.63) is 23.8 Å². The summed E-state index contributed by atoms with van der Waals surface area (Å²) in [6.45, 7) is 10.3. The van der Waals surface area contributed by atoms with E-state index in [4.69, 9.17) is 4.74 Å². The van der Waals surface area contributed by atoms with Gasteiger partial charge in [0.1, 0.15) is 5.75 Å². The van der Waals surface area contributed by atoms with E-state index >= 15 is 0 Å². The number of nitrogens with one attached hydrogen (secondary N) is 1. The third-order valence-corrected chi connectivity index (χ3v) is 4.31. The first-order valence-electron chi connectivity index (χ1n) is 8.53. The molecule has 0 bridgehead atoms. The van der Waals surface area contributed by atoms with Crippen LogP contribution in [0.3, 0.4) is 0 Å². The van der Waals surface area contributed by atoms with Gasteiger partial charge in [-0.15, -0.1) is 0 Å². The fraction of sp³-hybridized carbons (Fsp3) is 0.667. The smallest absolute Gasteiger partial charge is 0.142 e. The fourth-order valence-electron chi connectivity index (χ4n) is 3.19.